The lowest BCUT2D eigenvalue weighted by Crippen LogP contribution is -2.16. The molecule has 1 aliphatic heterocycles. The zero-order chi connectivity index (χ0) is 21.7. The standard InChI is InChI=1S/C26H33NO2S/c1-5-18(2)7-6-8-20-16-26(3,4)30-24-14-10-19(15-23(20)24)9-12-22-13-11-21(17-27-22)25(28)29/h10-11,13-18H,5-9,12H2,1-4H3,(H,28,29). The molecule has 2 aromatic rings. The summed E-state index contributed by atoms with van der Waals surface area (Å²) in [7, 11) is 0. The Labute approximate surface area is 185 Å². The molecule has 1 unspecified atom stereocenters. The summed E-state index contributed by atoms with van der Waals surface area (Å²) in [5, 5.41) is 9.02. The van der Waals surface area contributed by atoms with E-state index in [-0.39, 0.29) is 10.3 Å². The van der Waals surface area contributed by atoms with Crippen LogP contribution in [0.4, 0.5) is 0 Å². The van der Waals surface area contributed by atoms with E-state index in [1.807, 2.05) is 17.8 Å². The minimum atomic E-state index is -0.934. The fourth-order valence-corrected chi connectivity index (χ4v) is 5.11. The van der Waals surface area contributed by atoms with Crippen LogP contribution >= 0.6 is 11.8 Å². The number of allylic oxidation sites excluding steroid dienone is 1. The van der Waals surface area contributed by atoms with Crippen LogP contribution in [0.3, 0.4) is 0 Å². The third-order valence-electron chi connectivity index (χ3n) is 5.87. The summed E-state index contributed by atoms with van der Waals surface area (Å²) in [6.07, 6.45) is 10.5. The number of fused-ring (bicyclic) bond motifs is 1. The lowest BCUT2D eigenvalue weighted by atomic mass is 9.91. The number of benzene rings is 1. The Balaban J connectivity index is 1.72. The van der Waals surface area contributed by atoms with Gasteiger partial charge in [-0.3, -0.25) is 4.98 Å². The van der Waals surface area contributed by atoms with Crippen molar-refractivity contribution < 1.29 is 9.90 Å². The van der Waals surface area contributed by atoms with Crippen molar-refractivity contribution in [3.8, 4) is 0 Å². The van der Waals surface area contributed by atoms with Gasteiger partial charge in [-0.1, -0.05) is 44.9 Å². The molecule has 0 radical (unpaired) electrons. The quantitative estimate of drug-likeness (QED) is 0.469. The van der Waals surface area contributed by atoms with Gasteiger partial charge in [0, 0.05) is 21.5 Å². The molecule has 1 aromatic heterocycles. The fraction of sp³-hybridized carbons (Fsp3) is 0.462. The van der Waals surface area contributed by atoms with Crippen LogP contribution in [0.1, 0.15) is 80.6 Å². The Hall–Kier alpha value is -2.07. The normalized spacial score (nSPS) is 15.9. The minimum Gasteiger partial charge on any atom is -0.478 e. The van der Waals surface area contributed by atoms with Crippen LogP contribution in [0.25, 0.3) is 5.57 Å². The molecule has 0 bridgehead atoms. The maximum Gasteiger partial charge on any atom is 0.337 e. The summed E-state index contributed by atoms with van der Waals surface area (Å²) in [5.41, 5.74) is 5.36. The molecule has 3 rings (SSSR count). The summed E-state index contributed by atoms with van der Waals surface area (Å²) in [6, 6.07) is 10.3. The van der Waals surface area contributed by atoms with Crippen LogP contribution < -0.4 is 0 Å². The summed E-state index contributed by atoms with van der Waals surface area (Å²) in [6.45, 7) is 9.22. The van der Waals surface area contributed by atoms with Crippen molar-refractivity contribution in [1.82, 2.24) is 4.98 Å². The topological polar surface area (TPSA) is 50.2 Å². The minimum absolute atomic E-state index is 0.135. The SMILES string of the molecule is CCC(C)CCCC1=CC(C)(C)Sc2ccc(CCc3ccc(C(=O)O)cn3)cc21. The summed E-state index contributed by atoms with van der Waals surface area (Å²) in [5.74, 6) is -0.140. The maximum absolute atomic E-state index is 11.0. The van der Waals surface area contributed by atoms with E-state index in [0.29, 0.717) is 0 Å². The number of aromatic nitrogens is 1. The van der Waals surface area contributed by atoms with Crippen LogP contribution in [0.2, 0.25) is 0 Å². The first-order valence-electron chi connectivity index (χ1n) is 11.0. The highest BCUT2D eigenvalue weighted by molar-refractivity contribution is 8.01. The van der Waals surface area contributed by atoms with Crippen LogP contribution in [-0.2, 0) is 12.8 Å². The van der Waals surface area contributed by atoms with Crippen molar-refractivity contribution in [3.63, 3.8) is 0 Å². The highest BCUT2D eigenvalue weighted by Gasteiger charge is 2.26. The average molecular weight is 424 g/mol. The van der Waals surface area contributed by atoms with Crippen molar-refractivity contribution in [2.75, 3.05) is 0 Å². The van der Waals surface area contributed by atoms with E-state index in [1.54, 1.807) is 6.07 Å². The second kappa shape index (κ2) is 9.82. The molecule has 160 valence electrons. The van der Waals surface area contributed by atoms with Gasteiger partial charge < -0.3 is 5.11 Å². The van der Waals surface area contributed by atoms with Gasteiger partial charge in [-0.15, -0.1) is 11.8 Å². The number of pyridine rings is 1. The number of aromatic carboxylic acids is 1. The molecule has 30 heavy (non-hydrogen) atoms. The zero-order valence-electron chi connectivity index (χ0n) is 18.6. The molecule has 1 aromatic carbocycles. The first kappa shape index (κ1) is 22.6. The zero-order valence-corrected chi connectivity index (χ0v) is 19.4. The van der Waals surface area contributed by atoms with E-state index in [9.17, 15) is 4.79 Å². The molecule has 0 amide bonds. The number of hydrogen-bond acceptors (Lipinski definition) is 3. The lowest BCUT2D eigenvalue weighted by molar-refractivity contribution is 0.0696. The number of aryl methyl sites for hydroxylation is 2. The van der Waals surface area contributed by atoms with Crippen molar-refractivity contribution in [2.24, 2.45) is 5.92 Å². The molecule has 2 heterocycles. The second-order valence-electron chi connectivity index (χ2n) is 8.95. The van der Waals surface area contributed by atoms with E-state index in [4.69, 9.17) is 5.11 Å². The third-order valence-corrected chi connectivity index (χ3v) is 7.09. The fourth-order valence-electron chi connectivity index (χ4n) is 3.91. The number of hydrogen-bond donors (Lipinski definition) is 1. The van der Waals surface area contributed by atoms with Gasteiger partial charge in [0.15, 0.2) is 0 Å². The molecular weight excluding hydrogens is 390 g/mol. The van der Waals surface area contributed by atoms with Gasteiger partial charge >= 0.3 is 5.97 Å². The Kier molecular flexibility index (Phi) is 7.41. The maximum atomic E-state index is 11.0. The monoisotopic (exact) mass is 423 g/mol. The number of carboxylic acids is 1. The van der Waals surface area contributed by atoms with E-state index >= 15 is 0 Å². The molecule has 3 nitrogen and oxygen atoms in total. The number of carboxylic acid groups (broad SMARTS) is 1. The van der Waals surface area contributed by atoms with E-state index in [2.05, 4.69) is 57.0 Å². The highest BCUT2D eigenvalue weighted by Crippen LogP contribution is 2.45. The molecule has 0 saturated carbocycles. The number of nitrogens with zero attached hydrogens (tertiary/aromatic N) is 1. The Morgan fingerprint density at radius 2 is 1.97 bits per heavy atom. The van der Waals surface area contributed by atoms with Crippen LogP contribution in [-0.4, -0.2) is 20.8 Å². The van der Waals surface area contributed by atoms with Gasteiger partial charge in [-0.2, -0.15) is 0 Å². The third kappa shape index (κ3) is 5.98. The summed E-state index contributed by atoms with van der Waals surface area (Å²) < 4.78 is 0.135. The van der Waals surface area contributed by atoms with Crippen LogP contribution in [0.5, 0.6) is 0 Å². The van der Waals surface area contributed by atoms with Crippen molar-refractivity contribution in [3.05, 3.63) is 65.0 Å². The molecule has 0 saturated heterocycles. The van der Waals surface area contributed by atoms with Gasteiger partial charge in [-0.25, -0.2) is 4.79 Å². The van der Waals surface area contributed by atoms with E-state index in [1.165, 1.54) is 47.1 Å². The second-order valence-corrected chi connectivity index (χ2v) is 10.7. The molecule has 1 atom stereocenters. The molecule has 1 N–H and O–H groups in total. The summed E-state index contributed by atoms with van der Waals surface area (Å²) >= 11 is 1.95. The number of rotatable bonds is 9. The first-order chi connectivity index (χ1) is 14.3. The highest BCUT2D eigenvalue weighted by atomic mass is 32.2. The Morgan fingerprint density at radius 3 is 2.63 bits per heavy atom. The van der Waals surface area contributed by atoms with Gasteiger partial charge in [-0.05, 0) is 80.3 Å². The van der Waals surface area contributed by atoms with Gasteiger partial charge in [0.05, 0.1) is 5.56 Å². The average Bonchev–Trinajstić information content (AvgIpc) is 2.71. The van der Waals surface area contributed by atoms with Crippen LogP contribution in [0, 0.1) is 5.92 Å². The number of carbonyl (C=O) groups is 1. The predicted octanol–water partition coefficient (Wildman–Crippen LogP) is 7.05. The van der Waals surface area contributed by atoms with E-state index < -0.39 is 5.97 Å². The molecule has 0 spiro atoms. The predicted molar refractivity (Wildman–Crippen MR) is 126 cm³/mol. The van der Waals surface area contributed by atoms with Crippen molar-refractivity contribution in [1.29, 1.82) is 0 Å². The largest absolute Gasteiger partial charge is 0.478 e. The first-order valence-corrected chi connectivity index (χ1v) is 11.8. The molecule has 4 heteroatoms. The number of thioether (sulfide) groups is 1. The van der Waals surface area contributed by atoms with Gasteiger partial charge in [0.2, 0.25) is 0 Å². The molecule has 1 aliphatic rings. The molecule has 0 aliphatic carbocycles. The van der Waals surface area contributed by atoms with E-state index in [0.717, 1.165) is 30.9 Å². The Bertz CT molecular complexity index is 915. The smallest absolute Gasteiger partial charge is 0.337 e. The molecule has 0 fully saturated rings. The summed E-state index contributed by atoms with van der Waals surface area (Å²) in [4.78, 5) is 16.7. The lowest BCUT2D eigenvalue weighted by Gasteiger charge is -2.30. The van der Waals surface area contributed by atoms with Crippen LogP contribution in [0.15, 0.2) is 47.5 Å². The van der Waals surface area contributed by atoms with Crippen molar-refractivity contribution >= 4 is 23.3 Å². The Morgan fingerprint density at radius 1 is 1.17 bits per heavy atom. The van der Waals surface area contributed by atoms with Gasteiger partial charge in [0.25, 0.3) is 0 Å². The van der Waals surface area contributed by atoms with Crippen molar-refractivity contribution in [2.45, 2.75) is 75.9 Å². The molecular formula is C26H33NO2S. The van der Waals surface area contributed by atoms with Gasteiger partial charge in [0.1, 0.15) is 0 Å².